The Labute approximate surface area is 163 Å². The number of fused-ring (bicyclic) bond motifs is 1. The van der Waals surface area contributed by atoms with Crippen molar-refractivity contribution in [2.75, 3.05) is 13.1 Å². The molecule has 142 valence electrons. The minimum absolute atomic E-state index is 0.287. The molecule has 2 fully saturated rings. The molecular formula is C23H31BN2O. The van der Waals surface area contributed by atoms with Crippen LogP contribution in [0.25, 0.3) is 10.8 Å². The lowest BCUT2D eigenvalue weighted by Crippen LogP contribution is -2.48. The van der Waals surface area contributed by atoms with Gasteiger partial charge in [-0.3, -0.25) is 4.79 Å². The minimum Gasteiger partial charge on any atom is -0.353 e. The quantitative estimate of drug-likeness (QED) is 0.828. The van der Waals surface area contributed by atoms with Crippen LogP contribution >= 0.6 is 0 Å². The number of amides is 1. The average molecular weight is 362 g/mol. The number of hydrogen-bond acceptors (Lipinski definition) is 2. The van der Waals surface area contributed by atoms with Crippen LogP contribution in [-0.2, 0) is 4.79 Å². The number of piperidine rings is 1. The first-order valence-electron chi connectivity index (χ1n) is 10.8. The highest BCUT2D eigenvalue weighted by Crippen LogP contribution is 2.26. The Morgan fingerprint density at radius 1 is 0.963 bits per heavy atom. The van der Waals surface area contributed by atoms with Crippen molar-refractivity contribution in [2.24, 2.45) is 5.92 Å². The molecule has 3 nitrogen and oxygen atoms in total. The maximum atomic E-state index is 12.4. The van der Waals surface area contributed by atoms with Crippen molar-refractivity contribution in [3.63, 3.8) is 0 Å². The smallest absolute Gasteiger partial charge is 0.238 e. The Balaban J connectivity index is 1.23. The number of benzene rings is 2. The summed E-state index contributed by atoms with van der Waals surface area (Å²) in [5, 5.41) is 5.93. The van der Waals surface area contributed by atoms with Gasteiger partial charge in [0.1, 0.15) is 0 Å². The fourth-order valence-corrected chi connectivity index (χ4v) is 4.77. The van der Waals surface area contributed by atoms with Crippen LogP contribution in [0.3, 0.4) is 0 Å². The Hall–Kier alpha value is -1.81. The van der Waals surface area contributed by atoms with E-state index in [0.717, 1.165) is 39.8 Å². The van der Waals surface area contributed by atoms with Gasteiger partial charge < -0.3 is 10.1 Å². The predicted octanol–water partition coefficient (Wildman–Crippen LogP) is 3.37. The molecule has 2 aromatic rings. The van der Waals surface area contributed by atoms with Gasteiger partial charge in [-0.25, -0.2) is 0 Å². The summed E-state index contributed by atoms with van der Waals surface area (Å²) < 4.78 is 0. The Morgan fingerprint density at radius 3 is 2.48 bits per heavy atom. The molecule has 1 heterocycles. The van der Waals surface area contributed by atoms with E-state index in [0.29, 0.717) is 12.0 Å². The molecule has 1 saturated carbocycles. The fraction of sp³-hybridized carbons (Fsp3) is 0.522. The zero-order valence-electron chi connectivity index (χ0n) is 16.3. The van der Waals surface area contributed by atoms with E-state index < -0.39 is 0 Å². The molecule has 0 atom stereocenters. The second-order valence-electron chi connectivity index (χ2n) is 8.51. The summed E-state index contributed by atoms with van der Waals surface area (Å²) in [5.41, 5.74) is 1.38. The molecule has 4 heteroatoms. The third-order valence-electron chi connectivity index (χ3n) is 6.37. The van der Waals surface area contributed by atoms with Gasteiger partial charge in [0.25, 0.3) is 0 Å². The molecule has 2 aliphatic rings. The van der Waals surface area contributed by atoms with Gasteiger partial charge in [0.05, 0.1) is 0 Å². The summed E-state index contributed by atoms with van der Waals surface area (Å²) in [6.07, 6.45) is 9.37. The van der Waals surface area contributed by atoms with E-state index in [1.54, 1.807) is 0 Å². The molecule has 2 aromatic carbocycles. The van der Waals surface area contributed by atoms with Crippen LogP contribution in [0.15, 0.2) is 42.5 Å². The molecule has 0 bridgehead atoms. The molecular weight excluding hydrogens is 331 g/mol. The van der Waals surface area contributed by atoms with Gasteiger partial charge in [0.15, 0.2) is 0 Å². The van der Waals surface area contributed by atoms with Crippen LogP contribution in [0.1, 0.15) is 51.4 Å². The molecule has 27 heavy (non-hydrogen) atoms. The van der Waals surface area contributed by atoms with Crippen molar-refractivity contribution in [2.45, 2.75) is 57.4 Å². The zero-order valence-corrected chi connectivity index (χ0v) is 16.3. The number of nitrogens with one attached hydrogen (secondary N) is 1. The Kier molecular flexibility index (Phi) is 6.13. The monoisotopic (exact) mass is 362 g/mol. The van der Waals surface area contributed by atoms with Gasteiger partial charge in [-0.05, 0) is 55.5 Å². The van der Waals surface area contributed by atoms with E-state index in [1.165, 1.54) is 48.3 Å². The van der Waals surface area contributed by atoms with Crippen LogP contribution in [0.2, 0.25) is 0 Å². The summed E-state index contributed by atoms with van der Waals surface area (Å²) in [7, 11) is 1.01. The van der Waals surface area contributed by atoms with Gasteiger partial charge >= 0.3 is 0 Å². The topological polar surface area (TPSA) is 32.3 Å². The Morgan fingerprint density at radius 2 is 1.70 bits per heavy atom. The summed E-state index contributed by atoms with van der Waals surface area (Å²) in [6, 6.07) is 15.7. The highest BCUT2D eigenvalue weighted by atomic mass is 16.1. The molecule has 1 saturated heterocycles. The van der Waals surface area contributed by atoms with Gasteiger partial charge in [-0.1, -0.05) is 67.2 Å². The second kappa shape index (κ2) is 8.92. The lowest BCUT2D eigenvalue weighted by molar-refractivity contribution is -0.123. The lowest BCUT2D eigenvalue weighted by atomic mass is 9.78. The van der Waals surface area contributed by atoms with Crippen molar-refractivity contribution >= 4 is 29.6 Å². The lowest BCUT2D eigenvalue weighted by Gasteiger charge is -2.32. The van der Waals surface area contributed by atoms with Gasteiger partial charge in [-0.2, -0.15) is 0 Å². The maximum absolute atomic E-state index is 12.4. The van der Waals surface area contributed by atoms with Crippen molar-refractivity contribution in [3.05, 3.63) is 42.5 Å². The highest BCUT2D eigenvalue weighted by Gasteiger charge is 2.23. The van der Waals surface area contributed by atoms with Gasteiger partial charge in [0, 0.05) is 12.5 Å². The van der Waals surface area contributed by atoms with Crippen molar-refractivity contribution in [1.29, 1.82) is 0 Å². The van der Waals surface area contributed by atoms with Gasteiger partial charge in [0.2, 0.25) is 13.3 Å². The van der Waals surface area contributed by atoms with Crippen LogP contribution < -0.4 is 10.8 Å². The molecule has 1 N–H and O–H groups in total. The SMILES string of the molecule is O=C(CC1CCCCC1)NC1CCN(Bc2ccc3ccccc3c2)CC1. The maximum Gasteiger partial charge on any atom is 0.238 e. The second-order valence-corrected chi connectivity index (χ2v) is 8.51. The first-order valence-corrected chi connectivity index (χ1v) is 10.8. The number of carbonyl (C=O) groups is 1. The highest BCUT2D eigenvalue weighted by molar-refractivity contribution is 6.51. The third kappa shape index (κ3) is 5.13. The van der Waals surface area contributed by atoms with E-state index in [4.69, 9.17) is 0 Å². The van der Waals surface area contributed by atoms with Crippen LogP contribution in [0.5, 0.6) is 0 Å². The van der Waals surface area contributed by atoms with E-state index in [9.17, 15) is 4.79 Å². The van der Waals surface area contributed by atoms with E-state index in [1.807, 2.05) is 0 Å². The largest absolute Gasteiger partial charge is 0.353 e. The van der Waals surface area contributed by atoms with E-state index in [-0.39, 0.29) is 5.91 Å². The summed E-state index contributed by atoms with van der Waals surface area (Å²) in [4.78, 5) is 14.9. The van der Waals surface area contributed by atoms with Crippen molar-refractivity contribution in [1.82, 2.24) is 10.1 Å². The molecule has 1 amide bonds. The summed E-state index contributed by atoms with van der Waals surface area (Å²) >= 11 is 0. The van der Waals surface area contributed by atoms with Crippen molar-refractivity contribution in [3.8, 4) is 0 Å². The predicted molar refractivity (Wildman–Crippen MR) is 115 cm³/mol. The number of hydrogen-bond donors (Lipinski definition) is 1. The summed E-state index contributed by atoms with van der Waals surface area (Å²) in [6.45, 7) is 2.14. The van der Waals surface area contributed by atoms with Crippen molar-refractivity contribution < 1.29 is 4.79 Å². The van der Waals surface area contributed by atoms with Crippen LogP contribution in [-0.4, -0.2) is 37.3 Å². The Bertz CT molecular complexity index is 764. The first kappa shape index (κ1) is 18.6. The van der Waals surface area contributed by atoms with E-state index >= 15 is 0 Å². The van der Waals surface area contributed by atoms with Crippen LogP contribution in [0.4, 0.5) is 0 Å². The normalized spacial score (nSPS) is 19.9. The molecule has 0 spiro atoms. The fourth-order valence-electron chi connectivity index (χ4n) is 4.77. The summed E-state index contributed by atoms with van der Waals surface area (Å²) in [5.74, 6) is 0.918. The number of carbonyl (C=O) groups excluding carboxylic acids is 1. The molecule has 0 unspecified atom stereocenters. The molecule has 1 aliphatic heterocycles. The standard InChI is InChI=1S/C23H31BN2O/c27-23(16-18-6-2-1-3-7-18)25-22-12-14-26(15-13-22)24-21-11-10-19-8-4-5-9-20(19)17-21/h4-5,8-11,17-18,22,24H,1-3,6-7,12-16H2,(H,25,27). The number of rotatable bonds is 5. The molecule has 1 aliphatic carbocycles. The molecule has 0 aromatic heterocycles. The van der Waals surface area contributed by atoms with Gasteiger partial charge in [-0.15, -0.1) is 0 Å². The van der Waals surface area contributed by atoms with Crippen LogP contribution in [0, 0.1) is 5.92 Å². The zero-order chi connectivity index (χ0) is 18.5. The number of nitrogens with zero attached hydrogens (tertiary/aromatic N) is 1. The van der Waals surface area contributed by atoms with E-state index in [2.05, 4.69) is 52.6 Å². The average Bonchev–Trinajstić information content (AvgIpc) is 2.70. The molecule has 0 radical (unpaired) electrons. The molecule has 4 rings (SSSR count). The minimum atomic E-state index is 0.287. The first-order chi connectivity index (χ1) is 13.3. The third-order valence-corrected chi connectivity index (χ3v) is 6.37.